The first kappa shape index (κ1) is 22.7. The molecule has 190 valence electrons. The van der Waals surface area contributed by atoms with E-state index >= 15 is 0 Å². The zero-order valence-electron chi connectivity index (χ0n) is 21.2. The van der Waals surface area contributed by atoms with Gasteiger partial charge in [-0.1, -0.05) is 22.6 Å². The van der Waals surface area contributed by atoms with Gasteiger partial charge in [-0.25, -0.2) is 9.36 Å². The highest BCUT2D eigenvalue weighted by Gasteiger charge is 2.12. The van der Waals surface area contributed by atoms with Gasteiger partial charge in [-0.2, -0.15) is 0 Å². The summed E-state index contributed by atoms with van der Waals surface area (Å²) < 4.78 is 14.0. The fraction of sp³-hybridized carbons (Fsp3) is 0.0667. The number of methoxy groups -OCH3 is 2. The van der Waals surface area contributed by atoms with Gasteiger partial charge in [0.15, 0.2) is 0 Å². The molecule has 0 unspecified atom stereocenters. The van der Waals surface area contributed by atoms with Crippen molar-refractivity contribution in [3.63, 3.8) is 0 Å². The smallest absolute Gasteiger partial charge is 0.119 e. The lowest BCUT2D eigenvalue weighted by Gasteiger charge is -2.02. The van der Waals surface area contributed by atoms with Crippen LogP contribution in [-0.2, 0) is 0 Å². The summed E-state index contributed by atoms with van der Waals surface area (Å²) in [6.07, 6.45) is 3.86. The lowest BCUT2D eigenvalue weighted by Crippen LogP contribution is -1.94. The summed E-state index contributed by atoms with van der Waals surface area (Å²) in [5, 5.41) is 19.7. The molecule has 0 radical (unpaired) electrons. The quantitative estimate of drug-likeness (QED) is 0.300. The van der Waals surface area contributed by atoms with Crippen molar-refractivity contribution in [3.05, 3.63) is 97.3 Å². The van der Waals surface area contributed by atoms with Crippen LogP contribution >= 0.6 is 0 Å². The van der Waals surface area contributed by atoms with Crippen molar-refractivity contribution in [2.45, 2.75) is 0 Å². The second-order valence-electron chi connectivity index (χ2n) is 9.14. The zero-order valence-corrected chi connectivity index (χ0v) is 21.2. The largest absolute Gasteiger partial charge is 0.497 e. The monoisotopic (exact) mass is 513 g/mol. The summed E-state index contributed by atoms with van der Waals surface area (Å²) in [6.45, 7) is 0. The van der Waals surface area contributed by atoms with Crippen LogP contribution in [0, 0.1) is 0 Å². The van der Waals surface area contributed by atoms with E-state index in [0.29, 0.717) is 0 Å². The predicted molar refractivity (Wildman–Crippen MR) is 150 cm³/mol. The first-order valence-electron chi connectivity index (χ1n) is 12.4. The second kappa shape index (κ2) is 9.14. The molecule has 0 saturated carbocycles. The molecule has 39 heavy (non-hydrogen) atoms. The van der Waals surface area contributed by atoms with E-state index < -0.39 is 0 Å². The summed E-state index contributed by atoms with van der Waals surface area (Å²) >= 11 is 0. The van der Waals surface area contributed by atoms with Crippen LogP contribution in [0.1, 0.15) is 0 Å². The van der Waals surface area contributed by atoms with Crippen LogP contribution in [-0.4, -0.2) is 49.2 Å². The van der Waals surface area contributed by atoms with Crippen LogP contribution in [0.25, 0.3) is 55.7 Å². The first-order chi connectivity index (χ1) is 19.2. The van der Waals surface area contributed by atoms with Crippen molar-refractivity contribution in [2.24, 2.45) is 0 Å². The molecule has 0 amide bonds. The third-order valence-electron chi connectivity index (χ3n) is 6.85. The van der Waals surface area contributed by atoms with E-state index in [1.54, 1.807) is 23.6 Å². The fourth-order valence-electron chi connectivity index (χ4n) is 4.73. The SMILES string of the molecule is COc1ccc(-n2cc(-c3ccc4[nH]c5ccc(-c6cn(-c7ccc(OC)cc7)nn6)cc5c4c3)nn2)cc1. The number of benzene rings is 4. The normalized spacial score (nSPS) is 11.3. The van der Waals surface area contributed by atoms with E-state index in [2.05, 4.69) is 62.0 Å². The lowest BCUT2D eigenvalue weighted by molar-refractivity contribution is 0.414. The van der Waals surface area contributed by atoms with Gasteiger partial charge in [-0.3, -0.25) is 0 Å². The van der Waals surface area contributed by atoms with Crippen LogP contribution in [0.3, 0.4) is 0 Å². The van der Waals surface area contributed by atoms with Crippen molar-refractivity contribution in [2.75, 3.05) is 14.2 Å². The molecule has 3 heterocycles. The number of H-pyrrole nitrogens is 1. The standard InChI is InChI=1S/C30H23N7O2/c1-38-23-9-5-21(6-10-23)36-17-29(32-34-36)19-3-13-27-25(15-19)26-16-20(4-14-28(26)31-27)30-18-37(35-33-30)22-7-11-24(39-2)12-8-22/h3-18,31H,1-2H3. The van der Waals surface area contributed by atoms with Gasteiger partial charge in [0.2, 0.25) is 0 Å². The Labute approximate surface area is 223 Å². The number of nitrogens with zero attached hydrogens (tertiary/aromatic N) is 6. The summed E-state index contributed by atoms with van der Waals surface area (Å²) in [4.78, 5) is 3.51. The predicted octanol–water partition coefficient (Wildman–Crippen LogP) is 5.83. The van der Waals surface area contributed by atoms with Gasteiger partial charge in [-0.05, 0) is 72.8 Å². The molecule has 1 N–H and O–H groups in total. The number of rotatable bonds is 6. The van der Waals surface area contributed by atoms with Crippen LogP contribution in [0.5, 0.6) is 11.5 Å². The molecule has 0 spiro atoms. The average molecular weight is 514 g/mol. The van der Waals surface area contributed by atoms with Gasteiger partial charge in [0.1, 0.15) is 22.9 Å². The molecule has 3 aromatic heterocycles. The van der Waals surface area contributed by atoms with Crippen LogP contribution in [0.4, 0.5) is 0 Å². The Morgan fingerprint density at radius 1 is 0.564 bits per heavy atom. The summed E-state index contributed by atoms with van der Waals surface area (Å²) in [5.74, 6) is 1.60. The maximum Gasteiger partial charge on any atom is 0.119 e. The lowest BCUT2D eigenvalue weighted by atomic mass is 10.0. The van der Waals surface area contributed by atoms with E-state index in [1.165, 1.54) is 0 Å². The molecule has 4 aromatic carbocycles. The maximum absolute atomic E-state index is 5.25. The number of hydrogen-bond donors (Lipinski definition) is 1. The van der Waals surface area contributed by atoms with Gasteiger partial charge in [0.25, 0.3) is 0 Å². The highest BCUT2D eigenvalue weighted by Crippen LogP contribution is 2.32. The Kier molecular flexibility index (Phi) is 5.33. The number of aromatic nitrogens is 7. The number of ether oxygens (including phenoxy) is 2. The molecule has 0 bridgehead atoms. The van der Waals surface area contributed by atoms with Gasteiger partial charge < -0.3 is 14.5 Å². The van der Waals surface area contributed by atoms with Crippen LogP contribution < -0.4 is 9.47 Å². The molecule has 0 aliphatic rings. The summed E-state index contributed by atoms with van der Waals surface area (Å²) in [5.41, 5.74) is 7.48. The molecule has 0 saturated heterocycles. The summed E-state index contributed by atoms with van der Waals surface area (Å²) in [6, 6.07) is 28.0. The molecule has 7 rings (SSSR count). The Balaban J connectivity index is 1.23. The Morgan fingerprint density at radius 3 is 1.41 bits per heavy atom. The molecular formula is C30H23N7O2. The minimum atomic E-state index is 0.792. The molecule has 9 heteroatoms. The molecule has 9 nitrogen and oxygen atoms in total. The van der Waals surface area contributed by atoms with Crippen molar-refractivity contribution in [3.8, 4) is 45.4 Å². The first-order valence-corrected chi connectivity index (χ1v) is 12.4. The third kappa shape index (κ3) is 4.06. The molecule has 0 aliphatic carbocycles. The van der Waals surface area contributed by atoms with E-state index in [9.17, 15) is 0 Å². The average Bonchev–Trinajstić information content (AvgIpc) is 3.75. The number of nitrogens with one attached hydrogen (secondary N) is 1. The Hall–Kier alpha value is -5.44. The fourth-order valence-corrected chi connectivity index (χ4v) is 4.73. The minimum absolute atomic E-state index is 0.792. The molecule has 0 atom stereocenters. The summed E-state index contributed by atoms with van der Waals surface area (Å²) in [7, 11) is 3.30. The Bertz CT molecular complexity index is 1790. The number of fused-ring (bicyclic) bond motifs is 3. The number of hydrogen-bond acceptors (Lipinski definition) is 6. The topological polar surface area (TPSA) is 95.7 Å². The van der Waals surface area contributed by atoms with E-state index in [0.717, 1.165) is 67.2 Å². The maximum atomic E-state index is 5.25. The highest BCUT2D eigenvalue weighted by atomic mass is 16.5. The van der Waals surface area contributed by atoms with Crippen molar-refractivity contribution in [1.82, 2.24) is 35.0 Å². The van der Waals surface area contributed by atoms with E-state index in [-0.39, 0.29) is 0 Å². The molecule has 7 aromatic rings. The minimum Gasteiger partial charge on any atom is -0.497 e. The van der Waals surface area contributed by atoms with Gasteiger partial charge >= 0.3 is 0 Å². The van der Waals surface area contributed by atoms with E-state index in [1.807, 2.05) is 60.9 Å². The zero-order chi connectivity index (χ0) is 26.3. The third-order valence-corrected chi connectivity index (χ3v) is 6.85. The van der Waals surface area contributed by atoms with Crippen LogP contribution in [0.15, 0.2) is 97.3 Å². The Morgan fingerprint density at radius 2 is 1.00 bits per heavy atom. The number of aromatic amines is 1. The van der Waals surface area contributed by atoms with Crippen molar-refractivity contribution in [1.29, 1.82) is 0 Å². The van der Waals surface area contributed by atoms with Gasteiger partial charge in [-0.15, -0.1) is 10.2 Å². The second-order valence-corrected chi connectivity index (χ2v) is 9.14. The van der Waals surface area contributed by atoms with Crippen molar-refractivity contribution < 1.29 is 9.47 Å². The van der Waals surface area contributed by atoms with Gasteiger partial charge in [0.05, 0.1) is 38.0 Å². The highest BCUT2D eigenvalue weighted by molar-refractivity contribution is 6.09. The van der Waals surface area contributed by atoms with Crippen LogP contribution in [0.2, 0.25) is 0 Å². The van der Waals surface area contributed by atoms with E-state index in [4.69, 9.17) is 9.47 Å². The van der Waals surface area contributed by atoms with Crippen molar-refractivity contribution >= 4 is 21.8 Å². The van der Waals surface area contributed by atoms with Gasteiger partial charge in [0, 0.05) is 32.9 Å². The molecular weight excluding hydrogens is 490 g/mol. The molecule has 0 fully saturated rings. The molecule has 0 aliphatic heterocycles.